The van der Waals surface area contributed by atoms with Gasteiger partial charge in [0.2, 0.25) is 0 Å². The van der Waals surface area contributed by atoms with E-state index < -0.39 is 0 Å². The van der Waals surface area contributed by atoms with Crippen molar-refractivity contribution in [2.45, 2.75) is 13.8 Å². The number of pyridine rings is 1. The number of hydrogen-bond acceptors (Lipinski definition) is 4. The number of carbonyl (C=O) groups is 1. The molecule has 2 aromatic rings. The van der Waals surface area contributed by atoms with Gasteiger partial charge in [0.05, 0.1) is 16.8 Å². The Bertz CT molecular complexity index is 520. The number of anilines is 2. The highest BCUT2D eigenvalue weighted by Gasteiger charge is 2.06. The first kappa shape index (κ1) is 13.5. The molecule has 4 nitrogen and oxygen atoms in total. The lowest BCUT2D eigenvalue weighted by Gasteiger charge is -2.09. The first-order valence-electron chi connectivity index (χ1n) is 6.20. The number of hydrogen-bond donors (Lipinski definition) is 2. The third-order valence-electron chi connectivity index (χ3n) is 2.46. The number of amides is 1. The third kappa shape index (κ3) is 4.06. The fourth-order valence-corrected chi connectivity index (χ4v) is 2.10. The predicted molar refractivity (Wildman–Crippen MR) is 79.8 cm³/mol. The van der Waals surface area contributed by atoms with E-state index in [-0.39, 0.29) is 5.91 Å². The van der Waals surface area contributed by atoms with E-state index >= 15 is 0 Å². The summed E-state index contributed by atoms with van der Waals surface area (Å²) < 4.78 is 0. The van der Waals surface area contributed by atoms with Crippen LogP contribution in [0.2, 0.25) is 0 Å². The van der Waals surface area contributed by atoms with Crippen molar-refractivity contribution in [1.82, 2.24) is 4.98 Å². The third-order valence-corrected chi connectivity index (χ3v) is 3.33. The summed E-state index contributed by atoms with van der Waals surface area (Å²) >= 11 is 1.42. The van der Waals surface area contributed by atoms with Gasteiger partial charge in [0, 0.05) is 6.54 Å². The molecule has 0 aliphatic heterocycles. The van der Waals surface area contributed by atoms with Crippen LogP contribution in [0.3, 0.4) is 0 Å². The highest BCUT2D eigenvalue weighted by Crippen LogP contribution is 2.14. The molecule has 2 rings (SSSR count). The zero-order valence-corrected chi connectivity index (χ0v) is 11.8. The summed E-state index contributed by atoms with van der Waals surface area (Å²) in [6.07, 6.45) is 1.66. The van der Waals surface area contributed by atoms with Gasteiger partial charge >= 0.3 is 0 Å². The van der Waals surface area contributed by atoms with Crippen molar-refractivity contribution in [3.05, 3.63) is 40.7 Å². The monoisotopic (exact) mass is 275 g/mol. The van der Waals surface area contributed by atoms with Crippen LogP contribution in [0.15, 0.2) is 35.8 Å². The van der Waals surface area contributed by atoms with Crippen LogP contribution < -0.4 is 10.6 Å². The van der Waals surface area contributed by atoms with E-state index in [1.807, 2.05) is 23.6 Å². The number of carbonyl (C=O) groups excluding carboxylic acids is 1. The molecule has 19 heavy (non-hydrogen) atoms. The van der Waals surface area contributed by atoms with Gasteiger partial charge in [-0.3, -0.25) is 4.79 Å². The molecule has 0 saturated carbocycles. The topological polar surface area (TPSA) is 54.0 Å². The van der Waals surface area contributed by atoms with E-state index in [9.17, 15) is 4.79 Å². The smallest absolute Gasteiger partial charge is 0.265 e. The van der Waals surface area contributed by atoms with Gasteiger partial charge in [-0.15, -0.1) is 11.3 Å². The molecule has 0 aliphatic rings. The largest absolute Gasteiger partial charge is 0.370 e. The van der Waals surface area contributed by atoms with E-state index in [1.54, 1.807) is 12.3 Å². The molecule has 0 radical (unpaired) electrons. The van der Waals surface area contributed by atoms with E-state index in [2.05, 4.69) is 29.5 Å². The molecular formula is C14H17N3OS. The van der Waals surface area contributed by atoms with Gasteiger partial charge in [0.1, 0.15) is 5.82 Å². The van der Waals surface area contributed by atoms with Crippen LogP contribution in [0.5, 0.6) is 0 Å². The summed E-state index contributed by atoms with van der Waals surface area (Å²) in [6.45, 7) is 5.17. The molecule has 0 saturated heterocycles. The maximum Gasteiger partial charge on any atom is 0.265 e. The molecule has 0 aromatic carbocycles. The van der Waals surface area contributed by atoms with Gasteiger partial charge in [-0.2, -0.15) is 0 Å². The lowest BCUT2D eigenvalue weighted by atomic mass is 10.2. The number of aromatic nitrogens is 1. The van der Waals surface area contributed by atoms with E-state index in [0.717, 1.165) is 12.4 Å². The van der Waals surface area contributed by atoms with Crippen LogP contribution in [0.25, 0.3) is 0 Å². The number of nitrogens with zero attached hydrogens (tertiary/aromatic N) is 1. The minimum absolute atomic E-state index is 0.0975. The Morgan fingerprint density at radius 3 is 2.79 bits per heavy atom. The Hall–Kier alpha value is -1.88. The normalized spacial score (nSPS) is 10.5. The van der Waals surface area contributed by atoms with Gasteiger partial charge in [-0.1, -0.05) is 19.9 Å². The van der Waals surface area contributed by atoms with Crippen LogP contribution >= 0.6 is 11.3 Å². The van der Waals surface area contributed by atoms with Crippen LogP contribution in [-0.2, 0) is 0 Å². The second-order valence-electron chi connectivity index (χ2n) is 4.64. The van der Waals surface area contributed by atoms with Crippen LogP contribution in [0, 0.1) is 5.92 Å². The van der Waals surface area contributed by atoms with Crippen molar-refractivity contribution in [3.63, 3.8) is 0 Å². The maximum absolute atomic E-state index is 11.8. The van der Waals surface area contributed by atoms with Gasteiger partial charge in [-0.05, 0) is 29.5 Å². The van der Waals surface area contributed by atoms with Gasteiger partial charge < -0.3 is 10.6 Å². The Morgan fingerprint density at radius 1 is 1.37 bits per heavy atom. The summed E-state index contributed by atoms with van der Waals surface area (Å²) in [4.78, 5) is 16.8. The van der Waals surface area contributed by atoms with Crippen LogP contribution in [0.4, 0.5) is 11.5 Å². The predicted octanol–water partition coefficient (Wildman–Crippen LogP) is 3.46. The average molecular weight is 275 g/mol. The van der Waals surface area contributed by atoms with Crippen LogP contribution in [-0.4, -0.2) is 17.4 Å². The van der Waals surface area contributed by atoms with Crippen molar-refractivity contribution in [2.75, 3.05) is 17.2 Å². The molecule has 0 bridgehead atoms. The Kier molecular flexibility index (Phi) is 4.52. The fourth-order valence-electron chi connectivity index (χ4n) is 1.48. The number of thiophene rings is 1. The molecule has 100 valence electrons. The molecule has 0 aliphatic carbocycles. The van der Waals surface area contributed by atoms with Gasteiger partial charge in [0.25, 0.3) is 5.91 Å². The maximum atomic E-state index is 11.8. The SMILES string of the molecule is CC(C)CNc1ccc(NC(=O)c2cccs2)cn1. The first-order chi connectivity index (χ1) is 9.15. The summed E-state index contributed by atoms with van der Waals surface area (Å²) in [5, 5.41) is 7.93. The zero-order valence-electron chi connectivity index (χ0n) is 11.0. The van der Waals surface area contributed by atoms with E-state index in [1.165, 1.54) is 11.3 Å². The molecule has 5 heteroatoms. The van der Waals surface area contributed by atoms with Crippen molar-refractivity contribution < 1.29 is 4.79 Å². The quantitative estimate of drug-likeness (QED) is 0.878. The number of rotatable bonds is 5. The Balaban J connectivity index is 1.93. The average Bonchev–Trinajstić information content (AvgIpc) is 2.92. The summed E-state index contributed by atoms with van der Waals surface area (Å²) in [5.41, 5.74) is 0.702. The van der Waals surface area contributed by atoms with Crippen LogP contribution in [0.1, 0.15) is 23.5 Å². The van der Waals surface area contributed by atoms with E-state index in [4.69, 9.17) is 0 Å². The molecule has 0 fully saturated rings. The van der Waals surface area contributed by atoms with Gasteiger partial charge in [-0.25, -0.2) is 4.98 Å². The summed E-state index contributed by atoms with van der Waals surface area (Å²) in [6, 6.07) is 7.37. The second-order valence-corrected chi connectivity index (χ2v) is 5.59. The minimum Gasteiger partial charge on any atom is -0.370 e. The van der Waals surface area contributed by atoms with E-state index in [0.29, 0.717) is 16.5 Å². The lowest BCUT2D eigenvalue weighted by molar-refractivity contribution is 0.103. The molecule has 0 atom stereocenters. The van der Waals surface area contributed by atoms with Crippen molar-refractivity contribution in [1.29, 1.82) is 0 Å². The summed E-state index contributed by atoms with van der Waals surface area (Å²) in [7, 11) is 0. The van der Waals surface area contributed by atoms with Crippen molar-refractivity contribution >= 4 is 28.7 Å². The van der Waals surface area contributed by atoms with Crippen molar-refractivity contribution in [2.24, 2.45) is 5.92 Å². The molecule has 1 amide bonds. The molecule has 0 unspecified atom stereocenters. The molecule has 2 aromatic heterocycles. The summed E-state index contributed by atoms with van der Waals surface area (Å²) in [5.74, 6) is 1.29. The molecule has 2 heterocycles. The second kappa shape index (κ2) is 6.33. The van der Waals surface area contributed by atoms with Gasteiger partial charge in [0.15, 0.2) is 0 Å². The highest BCUT2D eigenvalue weighted by molar-refractivity contribution is 7.12. The molecule has 0 spiro atoms. The standard InChI is InChI=1S/C14H17N3OS/c1-10(2)8-15-13-6-5-11(9-16-13)17-14(18)12-4-3-7-19-12/h3-7,9-10H,8H2,1-2H3,(H,15,16)(H,17,18). The number of nitrogens with one attached hydrogen (secondary N) is 2. The minimum atomic E-state index is -0.0975. The lowest BCUT2D eigenvalue weighted by Crippen LogP contribution is -2.11. The molecule has 2 N–H and O–H groups in total. The highest BCUT2D eigenvalue weighted by atomic mass is 32.1. The first-order valence-corrected chi connectivity index (χ1v) is 7.08. The zero-order chi connectivity index (χ0) is 13.7. The molecular weight excluding hydrogens is 258 g/mol. The Morgan fingerprint density at radius 2 is 2.21 bits per heavy atom. The fraction of sp³-hybridized carbons (Fsp3) is 0.286. The van der Waals surface area contributed by atoms with Crippen molar-refractivity contribution in [3.8, 4) is 0 Å². The Labute approximate surface area is 116 Å².